The van der Waals surface area contributed by atoms with Gasteiger partial charge in [-0.05, 0) is 30.2 Å². The molecule has 0 unspecified atom stereocenters. The van der Waals surface area contributed by atoms with Gasteiger partial charge >= 0.3 is 0 Å². The summed E-state index contributed by atoms with van der Waals surface area (Å²) in [5.41, 5.74) is 2.90. The molecule has 0 radical (unpaired) electrons. The van der Waals surface area contributed by atoms with Crippen molar-refractivity contribution in [2.24, 2.45) is 0 Å². The molecule has 0 bridgehead atoms. The third-order valence-electron chi connectivity index (χ3n) is 5.52. The molecule has 30 heavy (non-hydrogen) atoms. The molecule has 0 atom stereocenters. The molecule has 0 saturated carbocycles. The molecule has 1 aromatic heterocycles. The van der Waals surface area contributed by atoms with E-state index in [0.29, 0.717) is 49.9 Å². The largest absolute Gasteiger partial charge is 0.361 e. The number of rotatable bonds is 6. The van der Waals surface area contributed by atoms with E-state index in [0.717, 1.165) is 11.9 Å². The number of piperazine rings is 1. The Bertz CT molecular complexity index is 1040. The first-order chi connectivity index (χ1) is 14.6. The molecule has 0 aliphatic carbocycles. The van der Waals surface area contributed by atoms with Crippen molar-refractivity contribution < 1.29 is 9.59 Å². The van der Waals surface area contributed by atoms with Crippen LogP contribution >= 0.6 is 11.6 Å². The van der Waals surface area contributed by atoms with Gasteiger partial charge in [0, 0.05) is 49.7 Å². The van der Waals surface area contributed by atoms with Gasteiger partial charge < -0.3 is 15.2 Å². The number of benzene rings is 2. The van der Waals surface area contributed by atoms with Crippen LogP contribution in [0.1, 0.15) is 12.0 Å². The lowest BCUT2D eigenvalue weighted by atomic mass is 10.1. The minimum atomic E-state index is -0.0952. The molecule has 2 N–H and O–H groups in total. The summed E-state index contributed by atoms with van der Waals surface area (Å²) >= 11 is 6.09. The number of nitrogens with one attached hydrogen (secondary N) is 2. The van der Waals surface area contributed by atoms with E-state index >= 15 is 0 Å². The van der Waals surface area contributed by atoms with Gasteiger partial charge in [0.05, 0.1) is 17.3 Å². The van der Waals surface area contributed by atoms with Crippen molar-refractivity contribution in [2.75, 3.05) is 38.0 Å². The van der Waals surface area contributed by atoms with E-state index in [2.05, 4.69) is 21.3 Å². The second kappa shape index (κ2) is 9.32. The van der Waals surface area contributed by atoms with Gasteiger partial charge in [0.15, 0.2) is 0 Å². The first kappa shape index (κ1) is 20.4. The van der Waals surface area contributed by atoms with Crippen molar-refractivity contribution in [3.05, 3.63) is 65.3 Å². The van der Waals surface area contributed by atoms with Crippen LogP contribution in [-0.4, -0.2) is 59.3 Å². The zero-order chi connectivity index (χ0) is 20.9. The van der Waals surface area contributed by atoms with Crippen LogP contribution in [0.25, 0.3) is 10.9 Å². The maximum Gasteiger partial charge on any atom is 0.238 e. The fourth-order valence-electron chi connectivity index (χ4n) is 3.85. The summed E-state index contributed by atoms with van der Waals surface area (Å²) in [7, 11) is 0. The smallest absolute Gasteiger partial charge is 0.238 e. The number of halogens is 1. The predicted octanol–water partition coefficient (Wildman–Crippen LogP) is 3.54. The molecule has 1 aliphatic rings. The molecule has 2 aromatic carbocycles. The number of para-hydroxylation sites is 2. The van der Waals surface area contributed by atoms with Gasteiger partial charge in [-0.2, -0.15) is 0 Å². The maximum atomic E-state index is 12.6. The second-order valence-electron chi connectivity index (χ2n) is 7.54. The van der Waals surface area contributed by atoms with Crippen LogP contribution in [0.5, 0.6) is 0 Å². The molecule has 3 aromatic rings. The number of aromatic nitrogens is 1. The van der Waals surface area contributed by atoms with Crippen molar-refractivity contribution in [3.63, 3.8) is 0 Å². The van der Waals surface area contributed by atoms with E-state index in [1.54, 1.807) is 12.1 Å². The normalized spacial score (nSPS) is 14.8. The number of hydrogen-bond donors (Lipinski definition) is 2. The lowest BCUT2D eigenvalue weighted by Gasteiger charge is -2.34. The van der Waals surface area contributed by atoms with Crippen molar-refractivity contribution in [3.8, 4) is 0 Å². The minimum Gasteiger partial charge on any atom is -0.361 e. The molecule has 1 fully saturated rings. The molecule has 156 valence electrons. The summed E-state index contributed by atoms with van der Waals surface area (Å²) in [4.78, 5) is 32.2. The molecule has 1 aliphatic heterocycles. The molecule has 4 rings (SSSR count). The summed E-state index contributed by atoms with van der Waals surface area (Å²) < 4.78 is 0. The fraction of sp³-hybridized carbons (Fsp3) is 0.304. The monoisotopic (exact) mass is 424 g/mol. The van der Waals surface area contributed by atoms with Gasteiger partial charge in [0.2, 0.25) is 11.8 Å². The highest BCUT2D eigenvalue weighted by molar-refractivity contribution is 6.33. The van der Waals surface area contributed by atoms with Crippen LogP contribution in [0.3, 0.4) is 0 Å². The van der Waals surface area contributed by atoms with Crippen LogP contribution < -0.4 is 5.32 Å². The van der Waals surface area contributed by atoms with Gasteiger partial charge in [0.25, 0.3) is 0 Å². The van der Waals surface area contributed by atoms with Crippen LogP contribution in [0, 0.1) is 0 Å². The minimum absolute atomic E-state index is 0.0952. The number of amides is 2. The number of anilines is 1. The third-order valence-corrected chi connectivity index (χ3v) is 5.85. The Morgan fingerprint density at radius 3 is 2.53 bits per heavy atom. The van der Waals surface area contributed by atoms with Crippen LogP contribution in [0.4, 0.5) is 5.69 Å². The first-order valence-electron chi connectivity index (χ1n) is 10.2. The molecule has 2 heterocycles. The number of H-pyrrole nitrogens is 1. The predicted molar refractivity (Wildman–Crippen MR) is 120 cm³/mol. The third kappa shape index (κ3) is 4.83. The van der Waals surface area contributed by atoms with Gasteiger partial charge in [-0.3, -0.25) is 14.5 Å². The fourth-order valence-corrected chi connectivity index (χ4v) is 4.03. The molecular formula is C23H25ClN4O2. The summed E-state index contributed by atoms with van der Waals surface area (Å²) in [6, 6.07) is 15.3. The molecular weight excluding hydrogens is 400 g/mol. The quantitative estimate of drug-likeness (QED) is 0.636. The van der Waals surface area contributed by atoms with Gasteiger partial charge in [-0.1, -0.05) is 41.9 Å². The Balaban J connectivity index is 1.22. The Morgan fingerprint density at radius 1 is 1.00 bits per heavy atom. The first-order valence-corrected chi connectivity index (χ1v) is 10.6. The maximum absolute atomic E-state index is 12.6. The van der Waals surface area contributed by atoms with E-state index in [1.165, 1.54) is 10.9 Å². The van der Waals surface area contributed by atoms with Crippen LogP contribution in [-0.2, 0) is 16.0 Å². The summed E-state index contributed by atoms with van der Waals surface area (Å²) in [5.74, 6) is 0.0719. The van der Waals surface area contributed by atoms with Crippen molar-refractivity contribution >= 4 is 40.0 Å². The van der Waals surface area contributed by atoms with Crippen LogP contribution in [0.15, 0.2) is 54.7 Å². The second-order valence-corrected chi connectivity index (χ2v) is 7.95. The van der Waals surface area contributed by atoms with Gasteiger partial charge in [0.1, 0.15) is 0 Å². The average molecular weight is 425 g/mol. The Morgan fingerprint density at radius 2 is 1.73 bits per heavy atom. The molecule has 6 nitrogen and oxygen atoms in total. The van der Waals surface area contributed by atoms with E-state index in [1.807, 2.05) is 41.4 Å². The lowest BCUT2D eigenvalue weighted by molar-refractivity contribution is -0.133. The highest BCUT2D eigenvalue weighted by Gasteiger charge is 2.22. The SMILES string of the molecule is O=C(CN1CCN(C(=O)CCc2c[nH]c3ccccc23)CC1)Nc1ccccc1Cl. The lowest BCUT2D eigenvalue weighted by Crippen LogP contribution is -2.50. The van der Waals surface area contributed by atoms with E-state index in [4.69, 9.17) is 11.6 Å². The van der Waals surface area contributed by atoms with E-state index in [-0.39, 0.29) is 11.8 Å². The highest BCUT2D eigenvalue weighted by Crippen LogP contribution is 2.21. The number of nitrogens with zero attached hydrogens (tertiary/aromatic N) is 2. The van der Waals surface area contributed by atoms with E-state index in [9.17, 15) is 9.59 Å². The van der Waals surface area contributed by atoms with Crippen molar-refractivity contribution in [1.29, 1.82) is 0 Å². The number of aromatic amines is 1. The highest BCUT2D eigenvalue weighted by atomic mass is 35.5. The Labute approximate surface area is 180 Å². The Kier molecular flexibility index (Phi) is 6.35. The van der Waals surface area contributed by atoms with Gasteiger partial charge in [-0.25, -0.2) is 0 Å². The number of hydrogen-bond acceptors (Lipinski definition) is 3. The average Bonchev–Trinajstić information content (AvgIpc) is 3.17. The molecule has 2 amide bonds. The topological polar surface area (TPSA) is 68.4 Å². The summed E-state index contributed by atoms with van der Waals surface area (Å²) in [5, 5.41) is 4.55. The molecule has 0 spiro atoms. The zero-order valence-electron chi connectivity index (χ0n) is 16.7. The van der Waals surface area contributed by atoms with Crippen molar-refractivity contribution in [2.45, 2.75) is 12.8 Å². The molecule has 7 heteroatoms. The number of fused-ring (bicyclic) bond motifs is 1. The zero-order valence-corrected chi connectivity index (χ0v) is 17.5. The number of aryl methyl sites for hydroxylation is 1. The number of carbonyl (C=O) groups excluding carboxylic acids is 2. The van der Waals surface area contributed by atoms with Crippen molar-refractivity contribution in [1.82, 2.24) is 14.8 Å². The van der Waals surface area contributed by atoms with E-state index < -0.39 is 0 Å². The summed E-state index contributed by atoms with van der Waals surface area (Å²) in [6.07, 6.45) is 3.21. The Hall–Kier alpha value is -2.83. The van der Waals surface area contributed by atoms with Crippen LogP contribution in [0.2, 0.25) is 5.02 Å². The summed E-state index contributed by atoms with van der Waals surface area (Å²) in [6.45, 7) is 2.96. The standard InChI is InChI=1S/C23H25ClN4O2/c24-19-6-2-4-8-21(19)26-22(29)16-27-11-13-28(14-12-27)23(30)10-9-17-15-25-20-7-3-1-5-18(17)20/h1-8,15,25H,9-14,16H2,(H,26,29). The van der Waals surface area contributed by atoms with Gasteiger partial charge in [-0.15, -0.1) is 0 Å². The molecule has 1 saturated heterocycles. The number of carbonyl (C=O) groups is 2.